The molecule has 0 radical (unpaired) electrons. The highest BCUT2D eigenvalue weighted by Crippen LogP contribution is 2.45. The third kappa shape index (κ3) is 48.3. The first kappa shape index (κ1) is 118. The van der Waals surface area contributed by atoms with Gasteiger partial charge in [-0.2, -0.15) is 0 Å². The predicted molar refractivity (Wildman–Crippen MR) is 518 cm³/mol. The molecule has 0 spiro atoms. The quantitative estimate of drug-likeness (QED) is 0.00763. The van der Waals surface area contributed by atoms with E-state index in [2.05, 4.69) is 32.5 Å². The Bertz CT molecular complexity index is 4360. The molecule has 32 nitrogen and oxygen atoms in total. The van der Waals surface area contributed by atoms with E-state index in [9.17, 15) is 47.9 Å². The Hall–Kier alpha value is -11.0. The summed E-state index contributed by atoms with van der Waals surface area (Å²) in [5, 5.41) is 15.0. The number of carbonyl (C=O) groups is 15. The standard InChI is InChI=1S/C105H158N6O26/c1-29-62-127-66-70(64-79(112)69-38-40-76(106)78(63-69)108-93(126)128-67-75-73-36-32-30-34-71(73)72-35-31-33-37-74(72)75)92(125)111-105(53-44-80(113)107-77(41-43-84(117)130-95(5,6)7)68(65-91(124)137-102(26,27)28)39-42-83(116)129-94(2,3)4,54-45-81(114)109-103(56-47-85(118)131-96(8,9)10,57-48-86(119)132-97(11,12)13)58-49-87(120)133-98(14,15)16)55-46-82(115)110-104(59-50-88(121)134-99(17,18)19,60-51-89(122)135-100(20,21)22)61-52-90(123)136-101(23,24)25/h1,30-38,40,63,68,70,75,77H,39,41-62,64-67,106H2,2-28H3,(H,107,113)(H,108,126)(H,109,114)(H,110,115)(H,111,125). The molecule has 0 saturated heterocycles. The molecule has 5 amide bonds. The Balaban J connectivity index is 2.18. The van der Waals surface area contributed by atoms with Crippen LogP contribution in [0.15, 0.2) is 66.7 Å². The van der Waals surface area contributed by atoms with Gasteiger partial charge in [0.15, 0.2) is 5.78 Å². The highest BCUT2D eigenvalue weighted by Gasteiger charge is 2.44. The highest BCUT2D eigenvalue weighted by molar-refractivity contribution is 6.01. The molecule has 1 aliphatic carbocycles. The van der Waals surface area contributed by atoms with Crippen molar-refractivity contribution in [1.82, 2.24) is 21.3 Å². The zero-order valence-corrected chi connectivity index (χ0v) is 86.5. The average Bonchev–Trinajstić information content (AvgIpc) is 1.61. The lowest BCUT2D eigenvalue weighted by Gasteiger charge is -2.39. The maximum atomic E-state index is 16.4. The summed E-state index contributed by atoms with van der Waals surface area (Å²) in [6, 6.07) is 18.4. The molecule has 0 heterocycles. The third-order valence-electron chi connectivity index (χ3n) is 21.3. The fraction of sp³-hybridized carbons (Fsp3) is 0.667. The summed E-state index contributed by atoms with van der Waals surface area (Å²) in [5.74, 6) is -11.0. The Kier molecular flexibility index (Phi) is 44.1. The van der Waals surface area contributed by atoms with Crippen LogP contribution in [0.5, 0.6) is 0 Å². The number of carbonyl (C=O) groups excluding carboxylic acids is 15. The van der Waals surface area contributed by atoms with Crippen molar-refractivity contribution < 1.29 is 124 Å². The number of fused-ring (bicyclic) bond motifs is 3. The van der Waals surface area contributed by atoms with Crippen LogP contribution in [0.1, 0.15) is 368 Å². The Morgan fingerprint density at radius 2 is 0.686 bits per heavy atom. The second-order valence-corrected chi connectivity index (χ2v) is 44.7. The van der Waals surface area contributed by atoms with Crippen LogP contribution in [0.3, 0.4) is 0 Å². The molecule has 7 N–H and O–H groups in total. The zero-order chi connectivity index (χ0) is 104. The smallest absolute Gasteiger partial charge is 0.411 e. The first-order valence-electron chi connectivity index (χ1n) is 47.6. The number of nitrogens with two attached hydrogens (primary N) is 1. The number of nitrogens with one attached hydrogen (secondary N) is 5. The van der Waals surface area contributed by atoms with E-state index in [1.54, 1.807) is 187 Å². The van der Waals surface area contributed by atoms with E-state index in [-0.39, 0.29) is 132 Å². The molecule has 0 aliphatic heterocycles. The molecular weight excluding hydrogens is 1760 g/mol. The number of hydrogen-bond donors (Lipinski definition) is 6. The van der Waals surface area contributed by atoms with Crippen LogP contribution < -0.4 is 32.3 Å². The van der Waals surface area contributed by atoms with Gasteiger partial charge in [0.1, 0.15) is 63.6 Å². The molecule has 0 bridgehead atoms. The summed E-state index contributed by atoms with van der Waals surface area (Å²) < 4.78 is 63.8. The Morgan fingerprint density at radius 3 is 1.04 bits per heavy atom. The molecule has 764 valence electrons. The second kappa shape index (κ2) is 51.1. The third-order valence-corrected chi connectivity index (χ3v) is 21.3. The zero-order valence-electron chi connectivity index (χ0n) is 86.5. The van der Waals surface area contributed by atoms with Crippen LogP contribution in [-0.2, 0) is 114 Å². The van der Waals surface area contributed by atoms with Crippen LogP contribution in [0.25, 0.3) is 11.1 Å². The largest absolute Gasteiger partial charge is 0.460 e. The minimum Gasteiger partial charge on any atom is -0.460 e. The first-order chi connectivity index (χ1) is 62.8. The van der Waals surface area contributed by atoms with Gasteiger partial charge in [-0.3, -0.25) is 72.4 Å². The molecule has 4 rings (SSSR count). The number of Topliss-reactive ketones (excluding diaryl/α,β-unsaturated/α-hetero) is 1. The van der Waals surface area contributed by atoms with Crippen molar-refractivity contribution in [2.75, 3.05) is 30.9 Å². The lowest BCUT2D eigenvalue weighted by Crippen LogP contribution is -2.55. The number of hydrogen-bond acceptors (Lipinski definition) is 27. The van der Waals surface area contributed by atoms with Crippen molar-refractivity contribution in [1.29, 1.82) is 0 Å². The summed E-state index contributed by atoms with van der Waals surface area (Å²) in [7, 11) is 0. The SMILES string of the molecule is C#CCOCC(CC(=O)c1ccc(N)c(NC(=O)OCC2c3ccccc3-c3ccccc32)c1)C(=O)NC(CCC(=O)NC(CCC(=O)OC(C)(C)C)C(CCC(=O)OC(C)(C)C)CC(=O)OC(C)(C)C)(CCC(=O)NC(CCC(=O)OC(C)(C)C)(CCC(=O)OC(C)(C)C)CCC(=O)OC(C)(C)C)CCC(=O)NC(CCC(=O)OC(C)(C)C)(CCC(=O)OC(C)(C)C)CCC(=O)OC(C)(C)C. The number of ether oxygens (including phenoxy) is 11. The van der Waals surface area contributed by atoms with Gasteiger partial charge in [-0.1, -0.05) is 54.5 Å². The minimum atomic E-state index is -2.07. The lowest BCUT2D eigenvalue weighted by atomic mass is 9.80. The van der Waals surface area contributed by atoms with Crippen LogP contribution in [-0.4, -0.2) is 182 Å². The van der Waals surface area contributed by atoms with Gasteiger partial charge in [-0.15, -0.1) is 6.42 Å². The van der Waals surface area contributed by atoms with Gasteiger partial charge in [0.05, 0.1) is 30.3 Å². The minimum absolute atomic E-state index is 0.0232. The van der Waals surface area contributed by atoms with Gasteiger partial charge >= 0.3 is 59.8 Å². The van der Waals surface area contributed by atoms with Crippen molar-refractivity contribution in [2.24, 2.45) is 11.8 Å². The van der Waals surface area contributed by atoms with E-state index in [4.69, 9.17) is 64.3 Å². The first-order valence-corrected chi connectivity index (χ1v) is 47.6. The fourth-order valence-electron chi connectivity index (χ4n) is 15.7. The number of esters is 9. The molecule has 3 aromatic rings. The van der Waals surface area contributed by atoms with E-state index in [0.29, 0.717) is 0 Å². The van der Waals surface area contributed by atoms with Crippen LogP contribution >= 0.6 is 0 Å². The Labute approximate surface area is 811 Å². The number of benzene rings is 3. The normalized spacial score (nSPS) is 13.5. The topological polar surface area (TPSA) is 444 Å². The van der Waals surface area contributed by atoms with Crippen molar-refractivity contribution in [2.45, 2.75) is 420 Å². The van der Waals surface area contributed by atoms with Gasteiger partial charge in [0.25, 0.3) is 0 Å². The number of terminal acetylenes is 1. The average molecular weight is 1920 g/mol. The number of anilines is 2. The van der Waals surface area contributed by atoms with E-state index in [0.717, 1.165) is 22.3 Å². The summed E-state index contributed by atoms with van der Waals surface area (Å²) in [4.78, 5) is 219. The van der Waals surface area contributed by atoms with Gasteiger partial charge in [0, 0.05) is 111 Å². The molecule has 3 atom stereocenters. The maximum Gasteiger partial charge on any atom is 0.411 e. The summed E-state index contributed by atoms with van der Waals surface area (Å²) in [6.07, 6.45) is -4.67. The van der Waals surface area contributed by atoms with Crippen molar-refractivity contribution in [3.63, 3.8) is 0 Å². The molecule has 32 heteroatoms. The molecule has 1 aliphatic rings. The number of nitrogen functional groups attached to an aromatic ring is 1. The van der Waals surface area contributed by atoms with Crippen molar-refractivity contribution in [3.05, 3.63) is 83.4 Å². The highest BCUT2D eigenvalue weighted by atomic mass is 16.6. The van der Waals surface area contributed by atoms with Gasteiger partial charge in [-0.25, -0.2) is 4.79 Å². The van der Waals surface area contributed by atoms with E-state index in [1.807, 2.05) is 48.5 Å². The predicted octanol–water partition coefficient (Wildman–Crippen LogP) is 17.2. The summed E-state index contributed by atoms with van der Waals surface area (Å²) in [5.41, 5.74) is -4.09. The monoisotopic (exact) mass is 1920 g/mol. The Morgan fingerprint density at radius 1 is 0.372 bits per heavy atom. The lowest BCUT2D eigenvalue weighted by molar-refractivity contribution is -0.159. The van der Waals surface area contributed by atoms with E-state index < -0.39 is 239 Å². The van der Waals surface area contributed by atoms with Crippen LogP contribution in [0.4, 0.5) is 16.2 Å². The number of amides is 5. The van der Waals surface area contributed by atoms with Gasteiger partial charge in [-0.05, 0) is 304 Å². The molecule has 137 heavy (non-hydrogen) atoms. The molecular formula is C105H158N6O26. The van der Waals surface area contributed by atoms with Crippen molar-refractivity contribution in [3.8, 4) is 23.5 Å². The van der Waals surface area contributed by atoms with E-state index in [1.165, 1.54) is 18.2 Å². The summed E-state index contributed by atoms with van der Waals surface area (Å²) >= 11 is 0. The number of ketones is 1. The van der Waals surface area contributed by atoms with E-state index >= 15 is 24.0 Å². The van der Waals surface area contributed by atoms with Crippen LogP contribution in [0, 0.1) is 24.2 Å². The van der Waals surface area contributed by atoms with Gasteiger partial charge < -0.3 is 79.1 Å². The molecule has 0 aromatic heterocycles. The summed E-state index contributed by atoms with van der Waals surface area (Å²) in [6.45, 7) is 43.8. The molecule has 0 saturated carbocycles. The second-order valence-electron chi connectivity index (χ2n) is 44.7. The molecule has 3 aromatic carbocycles. The molecule has 3 unspecified atom stereocenters. The van der Waals surface area contributed by atoms with Crippen LogP contribution in [0.2, 0.25) is 0 Å². The number of rotatable bonds is 50. The molecule has 0 fully saturated rings. The van der Waals surface area contributed by atoms with Gasteiger partial charge in [0.2, 0.25) is 23.6 Å². The maximum absolute atomic E-state index is 16.4. The van der Waals surface area contributed by atoms with Crippen molar-refractivity contribution >= 4 is 101 Å². The fourth-order valence-corrected chi connectivity index (χ4v) is 15.7.